The Kier molecular flexibility index (Phi) is 6.34. The molecule has 1 aromatic heterocycles. The molecule has 2 atom stereocenters. The summed E-state index contributed by atoms with van der Waals surface area (Å²) in [5, 5.41) is 9.74. The monoisotopic (exact) mass is 410 g/mol. The van der Waals surface area contributed by atoms with Crippen LogP contribution in [0.1, 0.15) is 30.9 Å². The number of ether oxygens (including phenoxy) is 1. The zero-order valence-electron chi connectivity index (χ0n) is 16.8. The van der Waals surface area contributed by atoms with Crippen molar-refractivity contribution in [3.05, 3.63) is 58.7 Å². The highest BCUT2D eigenvalue weighted by Crippen LogP contribution is 2.27. The van der Waals surface area contributed by atoms with Crippen LogP contribution in [0.3, 0.4) is 0 Å². The molecular weight excluding hydrogens is 384 g/mol. The second kappa shape index (κ2) is 9.13. The number of hydrogen-bond donors (Lipinski definition) is 0. The van der Waals surface area contributed by atoms with Crippen LogP contribution >= 0.6 is 11.6 Å². The maximum atomic E-state index is 8.96. The molecule has 0 aliphatic carbocycles. The summed E-state index contributed by atoms with van der Waals surface area (Å²) in [7, 11) is 0. The van der Waals surface area contributed by atoms with Crippen molar-refractivity contribution in [2.24, 2.45) is 0 Å². The van der Waals surface area contributed by atoms with Gasteiger partial charge in [-0.25, -0.2) is 4.98 Å². The second-order valence-electron chi connectivity index (χ2n) is 8.06. The van der Waals surface area contributed by atoms with Crippen LogP contribution in [0.2, 0.25) is 5.02 Å². The first-order chi connectivity index (χ1) is 14.1. The van der Waals surface area contributed by atoms with Crippen molar-refractivity contribution in [3.8, 4) is 6.07 Å². The summed E-state index contributed by atoms with van der Waals surface area (Å²) in [6.07, 6.45) is 5.15. The van der Waals surface area contributed by atoms with Gasteiger partial charge in [0, 0.05) is 42.9 Å². The first-order valence-corrected chi connectivity index (χ1v) is 10.7. The highest BCUT2D eigenvalue weighted by Gasteiger charge is 2.34. The molecule has 152 valence electrons. The van der Waals surface area contributed by atoms with E-state index in [2.05, 4.69) is 39.9 Å². The van der Waals surface area contributed by atoms with Gasteiger partial charge in [0.2, 0.25) is 0 Å². The van der Waals surface area contributed by atoms with Crippen LogP contribution in [0.15, 0.2) is 42.6 Å². The van der Waals surface area contributed by atoms with Gasteiger partial charge in [0.05, 0.1) is 18.3 Å². The smallest absolute Gasteiger partial charge is 0.128 e. The van der Waals surface area contributed by atoms with E-state index in [1.54, 1.807) is 6.20 Å². The summed E-state index contributed by atoms with van der Waals surface area (Å²) in [4.78, 5) is 9.46. The molecule has 0 spiro atoms. The fraction of sp³-hybridized carbons (Fsp3) is 0.478. The maximum absolute atomic E-state index is 8.96. The highest BCUT2D eigenvalue weighted by atomic mass is 35.5. The van der Waals surface area contributed by atoms with E-state index in [-0.39, 0.29) is 6.10 Å². The van der Waals surface area contributed by atoms with Gasteiger partial charge < -0.3 is 9.64 Å². The van der Waals surface area contributed by atoms with Gasteiger partial charge in [-0.2, -0.15) is 5.26 Å². The number of piperidine rings is 1. The van der Waals surface area contributed by atoms with Gasteiger partial charge in [0.25, 0.3) is 0 Å². The van der Waals surface area contributed by atoms with Crippen LogP contribution in [0.25, 0.3) is 0 Å². The number of nitrogens with zero attached hydrogens (tertiary/aromatic N) is 4. The molecule has 2 aromatic rings. The van der Waals surface area contributed by atoms with Crippen molar-refractivity contribution in [1.82, 2.24) is 9.88 Å². The quantitative estimate of drug-likeness (QED) is 0.764. The third kappa shape index (κ3) is 4.90. The number of benzene rings is 1. The van der Waals surface area contributed by atoms with Crippen molar-refractivity contribution in [1.29, 1.82) is 5.26 Å². The number of rotatable bonds is 4. The fourth-order valence-electron chi connectivity index (χ4n) is 4.45. The minimum absolute atomic E-state index is 0.273. The standard InChI is InChI=1S/C23H27ClN4O/c1-17-15-28(22(16-29-17)12-18-2-5-20(24)6-3-18)21-8-10-27(11-9-21)23-7-4-19(13-25)14-26-23/h2-7,14,17,21-22H,8-12,15-16H2,1H3/t17-,22-/m0/s1. The molecule has 6 heteroatoms. The Bertz CT molecular complexity index is 841. The molecule has 2 aliphatic heterocycles. The molecule has 4 rings (SSSR count). The lowest BCUT2D eigenvalue weighted by Crippen LogP contribution is -2.56. The molecule has 0 N–H and O–H groups in total. The van der Waals surface area contributed by atoms with Crippen molar-refractivity contribution in [3.63, 3.8) is 0 Å². The van der Waals surface area contributed by atoms with Gasteiger partial charge in [-0.05, 0) is 56.0 Å². The lowest BCUT2D eigenvalue weighted by molar-refractivity contribution is -0.0745. The van der Waals surface area contributed by atoms with Crippen LogP contribution < -0.4 is 4.90 Å². The number of halogens is 1. The first kappa shape index (κ1) is 20.2. The van der Waals surface area contributed by atoms with Crippen LogP contribution in [0.5, 0.6) is 0 Å². The SMILES string of the molecule is C[C@H]1CN(C2CCN(c3ccc(C#N)cn3)CC2)[C@@H](Cc2ccc(Cl)cc2)CO1. The average Bonchev–Trinajstić information content (AvgIpc) is 2.77. The molecule has 0 amide bonds. The molecule has 0 bridgehead atoms. The van der Waals surface area contributed by atoms with Crippen LogP contribution in [-0.4, -0.2) is 54.3 Å². The number of nitriles is 1. The van der Waals surface area contributed by atoms with Crippen LogP contribution in [0.4, 0.5) is 5.82 Å². The van der Waals surface area contributed by atoms with Gasteiger partial charge in [-0.3, -0.25) is 4.90 Å². The molecule has 5 nitrogen and oxygen atoms in total. The van der Waals surface area contributed by atoms with E-state index in [0.29, 0.717) is 17.6 Å². The Morgan fingerprint density at radius 2 is 1.93 bits per heavy atom. The van der Waals surface area contributed by atoms with Gasteiger partial charge in [0.15, 0.2) is 0 Å². The molecular formula is C23H27ClN4O. The number of hydrogen-bond acceptors (Lipinski definition) is 5. The largest absolute Gasteiger partial charge is 0.376 e. The summed E-state index contributed by atoms with van der Waals surface area (Å²) >= 11 is 6.04. The normalized spacial score (nSPS) is 23.7. The predicted octanol–water partition coefficient (Wildman–Crippen LogP) is 3.91. The summed E-state index contributed by atoms with van der Waals surface area (Å²) < 4.78 is 6.01. The molecule has 2 fully saturated rings. The minimum Gasteiger partial charge on any atom is -0.376 e. The zero-order valence-corrected chi connectivity index (χ0v) is 17.6. The number of aromatic nitrogens is 1. The maximum Gasteiger partial charge on any atom is 0.128 e. The Morgan fingerprint density at radius 3 is 2.59 bits per heavy atom. The summed E-state index contributed by atoms with van der Waals surface area (Å²) in [5.41, 5.74) is 1.91. The molecule has 29 heavy (non-hydrogen) atoms. The van der Waals surface area contributed by atoms with Gasteiger partial charge in [-0.15, -0.1) is 0 Å². The van der Waals surface area contributed by atoms with Crippen molar-refractivity contribution in [2.75, 3.05) is 31.1 Å². The third-order valence-electron chi connectivity index (χ3n) is 6.03. The summed E-state index contributed by atoms with van der Waals surface area (Å²) in [5.74, 6) is 0.968. The molecule has 2 saturated heterocycles. The van der Waals surface area contributed by atoms with Crippen molar-refractivity contribution >= 4 is 17.4 Å². The number of anilines is 1. The molecule has 2 aliphatic rings. The molecule has 3 heterocycles. The van der Waals surface area contributed by atoms with E-state index >= 15 is 0 Å². The zero-order chi connectivity index (χ0) is 20.2. The van der Waals surface area contributed by atoms with Crippen LogP contribution in [0, 0.1) is 11.3 Å². The highest BCUT2D eigenvalue weighted by molar-refractivity contribution is 6.30. The Balaban J connectivity index is 1.40. The Labute approximate surface area is 177 Å². The molecule has 0 radical (unpaired) electrons. The van der Waals surface area contributed by atoms with Crippen LogP contribution in [-0.2, 0) is 11.2 Å². The van der Waals surface area contributed by atoms with E-state index < -0.39 is 0 Å². The Hall–Kier alpha value is -2.13. The van der Waals surface area contributed by atoms with Crippen molar-refractivity contribution in [2.45, 2.75) is 44.4 Å². The topological polar surface area (TPSA) is 52.4 Å². The molecule has 1 aromatic carbocycles. The second-order valence-corrected chi connectivity index (χ2v) is 8.50. The van der Waals surface area contributed by atoms with Gasteiger partial charge >= 0.3 is 0 Å². The summed E-state index contributed by atoms with van der Waals surface area (Å²) in [6, 6.07) is 15.1. The van der Waals surface area contributed by atoms with Crippen molar-refractivity contribution < 1.29 is 4.74 Å². The fourth-order valence-corrected chi connectivity index (χ4v) is 4.58. The predicted molar refractivity (Wildman–Crippen MR) is 115 cm³/mol. The van der Waals surface area contributed by atoms with E-state index in [0.717, 1.165) is 56.3 Å². The van der Waals surface area contributed by atoms with Gasteiger partial charge in [-0.1, -0.05) is 23.7 Å². The van der Waals surface area contributed by atoms with E-state index in [9.17, 15) is 0 Å². The number of pyridine rings is 1. The van der Waals surface area contributed by atoms with E-state index in [4.69, 9.17) is 21.6 Å². The summed E-state index contributed by atoms with van der Waals surface area (Å²) in [6.45, 7) is 5.91. The van der Waals surface area contributed by atoms with Gasteiger partial charge in [0.1, 0.15) is 11.9 Å². The van der Waals surface area contributed by atoms with E-state index in [1.807, 2.05) is 24.3 Å². The lowest BCUT2D eigenvalue weighted by atomic mass is 9.96. The van der Waals surface area contributed by atoms with E-state index in [1.165, 1.54) is 5.56 Å². The molecule has 0 saturated carbocycles. The average molecular weight is 411 g/mol. The lowest BCUT2D eigenvalue weighted by Gasteiger charge is -2.46. The third-order valence-corrected chi connectivity index (χ3v) is 6.28. The number of morpholine rings is 1. The molecule has 0 unspecified atom stereocenters. The first-order valence-electron chi connectivity index (χ1n) is 10.4. The Morgan fingerprint density at radius 1 is 1.17 bits per heavy atom. The minimum atomic E-state index is 0.273.